The van der Waals surface area contributed by atoms with Crippen molar-refractivity contribution in [3.05, 3.63) is 59.9 Å². The van der Waals surface area contributed by atoms with Gasteiger partial charge in [-0.2, -0.15) is 4.98 Å². The van der Waals surface area contributed by atoms with Gasteiger partial charge in [-0.05, 0) is 43.7 Å². The molecule has 0 radical (unpaired) electrons. The third kappa shape index (κ3) is 3.05. The molecule has 142 valence electrons. The summed E-state index contributed by atoms with van der Waals surface area (Å²) in [5, 5.41) is 5.24. The summed E-state index contributed by atoms with van der Waals surface area (Å²) in [5.41, 5.74) is 10.1. The van der Waals surface area contributed by atoms with Crippen molar-refractivity contribution >= 4 is 22.8 Å². The van der Waals surface area contributed by atoms with Crippen molar-refractivity contribution in [1.29, 1.82) is 0 Å². The van der Waals surface area contributed by atoms with Crippen molar-refractivity contribution < 1.29 is 4.39 Å². The summed E-state index contributed by atoms with van der Waals surface area (Å²) in [5.74, 6) is 0.605. The number of aromatic nitrogens is 4. The molecule has 2 heterocycles. The Bertz CT molecular complexity index is 1170. The minimum Gasteiger partial charge on any atom is -0.383 e. The molecule has 2 N–H and O–H groups in total. The Balaban J connectivity index is 2.03. The van der Waals surface area contributed by atoms with E-state index in [-0.39, 0.29) is 5.82 Å². The van der Waals surface area contributed by atoms with Gasteiger partial charge in [0.2, 0.25) is 5.95 Å². The van der Waals surface area contributed by atoms with Gasteiger partial charge >= 0.3 is 0 Å². The second-order valence-corrected chi connectivity index (χ2v) is 6.73. The van der Waals surface area contributed by atoms with E-state index in [9.17, 15) is 4.39 Å². The number of nitrogens with zero attached hydrogens (tertiary/aromatic N) is 5. The second kappa shape index (κ2) is 6.92. The summed E-state index contributed by atoms with van der Waals surface area (Å²) in [4.78, 5) is 11.2. The molecule has 0 atom stereocenters. The van der Waals surface area contributed by atoms with E-state index in [1.807, 2.05) is 56.1 Å². The van der Waals surface area contributed by atoms with Crippen LogP contribution in [0.4, 0.5) is 16.2 Å². The lowest BCUT2D eigenvalue weighted by atomic mass is 10.1. The molecule has 2 aromatic carbocycles. The minimum atomic E-state index is -0.334. The Hall–Kier alpha value is -3.48. The Kier molecular flexibility index (Phi) is 4.43. The van der Waals surface area contributed by atoms with Crippen LogP contribution < -0.4 is 10.6 Å². The number of rotatable bonds is 4. The molecule has 7 heteroatoms. The first-order chi connectivity index (χ1) is 13.5. The molecule has 0 saturated carbocycles. The van der Waals surface area contributed by atoms with Gasteiger partial charge in [0.1, 0.15) is 11.6 Å². The summed E-state index contributed by atoms with van der Waals surface area (Å²) < 4.78 is 15.5. The first kappa shape index (κ1) is 17.9. The third-order valence-corrected chi connectivity index (χ3v) is 4.72. The van der Waals surface area contributed by atoms with E-state index >= 15 is 0 Å². The maximum Gasteiger partial charge on any atom is 0.227 e. The molecule has 0 aliphatic heterocycles. The fourth-order valence-corrected chi connectivity index (χ4v) is 3.11. The topological polar surface area (TPSA) is 72.9 Å². The van der Waals surface area contributed by atoms with Crippen LogP contribution in [0.25, 0.3) is 28.0 Å². The first-order valence-corrected chi connectivity index (χ1v) is 9.08. The molecule has 0 unspecified atom stereocenters. The number of aryl methyl sites for hydroxylation is 1. The van der Waals surface area contributed by atoms with Crippen LogP contribution in [-0.4, -0.2) is 33.3 Å². The van der Waals surface area contributed by atoms with Crippen molar-refractivity contribution in [1.82, 2.24) is 19.7 Å². The van der Waals surface area contributed by atoms with Gasteiger partial charge in [-0.3, -0.25) is 0 Å². The van der Waals surface area contributed by atoms with Gasteiger partial charge in [0, 0.05) is 19.2 Å². The molecule has 2 aromatic heterocycles. The molecule has 0 fully saturated rings. The maximum atomic E-state index is 13.9. The molecule has 28 heavy (non-hydrogen) atoms. The molecule has 6 nitrogen and oxygen atoms in total. The van der Waals surface area contributed by atoms with E-state index < -0.39 is 0 Å². The second-order valence-electron chi connectivity index (χ2n) is 6.73. The number of hydrogen-bond donors (Lipinski definition) is 1. The van der Waals surface area contributed by atoms with Crippen LogP contribution >= 0.6 is 0 Å². The fourth-order valence-electron chi connectivity index (χ4n) is 3.11. The van der Waals surface area contributed by atoms with Gasteiger partial charge in [-0.25, -0.2) is 14.1 Å². The van der Waals surface area contributed by atoms with E-state index in [2.05, 4.69) is 15.1 Å². The number of fused-ring (bicyclic) bond motifs is 1. The van der Waals surface area contributed by atoms with Gasteiger partial charge in [-0.1, -0.05) is 24.3 Å². The quantitative estimate of drug-likeness (QED) is 0.583. The Labute approximate surface area is 162 Å². The number of hydrogen-bond acceptors (Lipinski definition) is 5. The summed E-state index contributed by atoms with van der Waals surface area (Å²) in [6, 6.07) is 14.2. The molecular weight excluding hydrogens is 355 g/mol. The average Bonchev–Trinajstić information content (AvgIpc) is 3.03. The number of anilines is 2. The third-order valence-electron chi connectivity index (χ3n) is 4.72. The predicted molar refractivity (Wildman–Crippen MR) is 110 cm³/mol. The number of nitrogens with two attached hydrogens (primary N) is 1. The molecular formula is C21H21FN6. The highest BCUT2D eigenvalue weighted by Gasteiger charge is 2.20. The Morgan fingerprint density at radius 2 is 1.89 bits per heavy atom. The maximum absolute atomic E-state index is 13.9. The molecule has 4 aromatic rings. The van der Waals surface area contributed by atoms with E-state index in [1.165, 1.54) is 12.1 Å². The SMILES string of the molecule is CCN(C)c1nc(-c2cccc(F)c2)c2c(N)n(-c3cccc(C)c3)nc2n1. The smallest absolute Gasteiger partial charge is 0.227 e. The lowest BCUT2D eigenvalue weighted by Crippen LogP contribution is -2.19. The highest BCUT2D eigenvalue weighted by molar-refractivity contribution is 5.99. The average molecular weight is 376 g/mol. The van der Waals surface area contributed by atoms with Gasteiger partial charge in [-0.15, -0.1) is 5.10 Å². The molecule has 0 saturated heterocycles. The summed E-state index contributed by atoms with van der Waals surface area (Å²) in [7, 11) is 1.90. The van der Waals surface area contributed by atoms with E-state index in [0.29, 0.717) is 34.1 Å². The van der Waals surface area contributed by atoms with Crippen LogP contribution in [0.2, 0.25) is 0 Å². The highest BCUT2D eigenvalue weighted by Crippen LogP contribution is 2.33. The normalized spacial score (nSPS) is 11.1. The number of nitrogen functional groups attached to an aromatic ring is 1. The van der Waals surface area contributed by atoms with Crippen molar-refractivity contribution in [3.8, 4) is 16.9 Å². The van der Waals surface area contributed by atoms with Crippen molar-refractivity contribution in [3.63, 3.8) is 0 Å². The van der Waals surface area contributed by atoms with Crippen LogP contribution in [0, 0.1) is 12.7 Å². The standard InChI is InChI=1S/C21H21FN6/c1-4-27(3)21-24-18(14-8-6-9-15(22)12-14)17-19(23)28(26-20(17)25-21)16-10-5-7-13(2)11-16/h5-12H,4,23H2,1-3H3. The van der Waals surface area contributed by atoms with Crippen molar-refractivity contribution in [2.75, 3.05) is 24.2 Å². The number of halogens is 1. The molecule has 0 spiro atoms. The first-order valence-electron chi connectivity index (χ1n) is 9.08. The van der Waals surface area contributed by atoms with Crippen LogP contribution in [-0.2, 0) is 0 Å². The van der Waals surface area contributed by atoms with E-state index in [0.717, 1.165) is 17.8 Å². The monoisotopic (exact) mass is 376 g/mol. The van der Waals surface area contributed by atoms with Crippen LogP contribution in [0.5, 0.6) is 0 Å². The lowest BCUT2D eigenvalue weighted by Gasteiger charge is -2.15. The molecule has 0 aliphatic rings. The van der Waals surface area contributed by atoms with Crippen LogP contribution in [0.1, 0.15) is 12.5 Å². The molecule has 0 bridgehead atoms. The lowest BCUT2D eigenvalue weighted by molar-refractivity contribution is 0.628. The van der Waals surface area contributed by atoms with Gasteiger partial charge in [0.25, 0.3) is 0 Å². The van der Waals surface area contributed by atoms with Gasteiger partial charge < -0.3 is 10.6 Å². The zero-order valence-corrected chi connectivity index (χ0v) is 16.0. The van der Waals surface area contributed by atoms with E-state index in [1.54, 1.807) is 10.7 Å². The summed E-state index contributed by atoms with van der Waals surface area (Å²) >= 11 is 0. The highest BCUT2D eigenvalue weighted by atomic mass is 19.1. The number of benzene rings is 2. The van der Waals surface area contributed by atoms with Crippen molar-refractivity contribution in [2.45, 2.75) is 13.8 Å². The fraction of sp³-hybridized carbons (Fsp3) is 0.190. The van der Waals surface area contributed by atoms with Gasteiger partial charge in [0.15, 0.2) is 5.65 Å². The largest absolute Gasteiger partial charge is 0.383 e. The minimum absolute atomic E-state index is 0.334. The van der Waals surface area contributed by atoms with Crippen molar-refractivity contribution in [2.24, 2.45) is 0 Å². The Morgan fingerprint density at radius 1 is 1.11 bits per heavy atom. The molecule has 0 amide bonds. The zero-order valence-electron chi connectivity index (χ0n) is 16.0. The van der Waals surface area contributed by atoms with Crippen LogP contribution in [0.3, 0.4) is 0 Å². The summed E-state index contributed by atoms with van der Waals surface area (Å²) in [6.07, 6.45) is 0. The Morgan fingerprint density at radius 3 is 2.61 bits per heavy atom. The summed E-state index contributed by atoms with van der Waals surface area (Å²) in [6.45, 7) is 4.74. The predicted octanol–water partition coefficient (Wildman–Crippen LogP) is 3.97. The van der Waals surface area contributed by atoms with Gasteiger partial charge in [0.05, 0.1) is 16.8 Å². The van der Waals surface area contributed by atoms with E-state index in [4.69, 9.17) is 5.73 Å². The molecule has 4 rings (SSSR count). The zero-order chi connectivity index (χ0) is 19.8. The van der Waals surface area contributed by atoms with Crippen LogP contribution in [0.15, 0.2) is 48.5 Å². The molecule has 0 aliphatic carbocycles.